The lowest BCUT2D eigenvalue weighted by atomic mass is 10.1. The van der Waals surface area contributed by atoms with Crippen molar-refractivity contribution in [2.75, 3.05) is 6.61 Å². The zero-order valence-corrected chi connectivity index (χ0v) is 16.5. The number of hydrogen-bond acceptors (Lipinski definition) is 5. The Bertz CT molecular complexity index is 517. The van der Waals surface area contributed by atoms with Crippen LogP contribution in [0.2, 0.25) is 0 Å². The molecule has 1 aromatic rings. The van der Waals surface area contributed by atoms with Crippen LogP contribution in [-0.4, -0.2) is 36.9 Å². The normalized spacial score (nSPS) is 13.9. The van der Waals surface area contributed by atoms with Crippen LogP contribution in [0.25, 0.3) is 0 Å². The number of Topliss-reactive ketones (excluding diaryl/α,β-unsaturated/α-hetero) is 1. The maximum absolute atomic E-state index is 12.6. The third-order valence-corrected chi connectivity index (χ3v) is 3.65. The van der Waals surface area contributed by atoms with Crippen molar-refractivity contribution in [3.8, 4) is 5.75 Å². The van der Waals surface area contributed by atoms with Crippen molar-refractivity contribution in [2.45, 2.75) is 78.9 Å². The van der Waals surface area contributed by atoms with Gasteiger partial charge in [-0.2, -0.15) is 0 Å². The Morgan fingerprint density at radius 2 is 1.52 bits per heavy atom. The molecule has 0 amide bonds. The van der Waals surface area contributed by atoms with Crippen LogP contribution in [0.5, 0.6) is 5.75 Å². The summed E-state index contributed by atoms with van der Waals surface area (Å²) < 4.78 is 11.8. The molecule has 0 spiro atoms. The minimum absolute atomic E-state index is 0.0347. The molecule has 5 nitrogen and oxygen atoms in total. The number of nitrogens with one attached hydrogen (secondary N) is 2. The van der Waals surface area contributed by atoms with E-state index in [1.807, 2.05) is 25.1 Å². The fourth-order valence-corrected chi connectivity index (χ4v) is 2.47. The molecule has 0 aliphatic carbocycles. The monoisotopic (exact) mass is 350 g/mol. The van der Waals surface area contributed by atoms with E-state index in [2.05, 4.69) is 45.3 Å². The lowest BCUT2D eigenvalue weighted by Gasteiger charge is -2.23. The smallest absolute Gasteiger partial charge is 0.192 e. The fourth-order valence-electron chi connectivity index (χ4n) is 2.47. The highest BCUT2D eigenvalue weighted by Gasteiger charge is 2.18. The second-order valence-electron chi connectivity index (χ2n) is 6.78. The molecule has 2 N–H and O–H groups in total. The molecular formula is C20H34N2O3. The van der Waals surface area contributed by atoms with Gasteiger partial charge in [0.1, 0.15) is 24.8 Å². The summed E-state index contributed by atoms with van der Waals surface area (Å²) in [7, 11) is 0. The number of para-hydroxylation sites is 1. The van der Waals surface area contributed by atoms with Crippen LogP contribution in [0.3, 0.4) is 0 Å². The van der Waals surface area contributed by atoms with Gasteiger partial charge in [0, 0.05) is 12.1 Å². The fraction of sp³-hybridized carbons (Fsp3) is 0.650. The molecule has 0 aliphatic rings. The van der Waals surface area contributed by atoms with Gasteiger partial charge in [0.05, 0.1) is 5.56 Å². The first-order valence-electron chi connectivity index (χ1n) is 9.29. The molecule has 0 aliphatic heterocycles. The van der Waals surface area contributed by atoms with Crippen LogP contribution in [0.4, 0.5) is 0 Å². The van der Waals surface area contributed by atoms with E-state index in [9.17, 15) is 4.79 Å². The molecule has 5 heteroatoms. The Kier molecular flexibility index (Phi) is 9.71. The number of ketones is 1. The van der Waals surface area contributed by atoms with E-state index in [-0.39, 0.29) is 24.8 Å². The second-order valence-corrected chi connectivity index (χ2v) is 6.78. The molecule has 0 saturated heterocycles. The van der Waals surface area contributed by atoms with Gasteiger partial charge in [-0.25, -0.2) is 0 Å². The van der Waals surface area contributed by atoms with Crippen molar-refractivity contribution in [1.82, 2.24) is 10.6 Å². The van der Waals surface area contributed by atoms with Gasteiger partial charge in [0.15, 0.2) is 5.78 Å². The Labute approximate surface area is 152 Å². The molecule has 0 fully saturated rings. The first kappa shape index (κ1) is 21.6. The highest BCUT2D eigenvalue weighted by molar-refractivity contribution is 5.99. The van der Waals surface area contributed by atoms with Gasteiger partial charge in [-0.3, -0.25) is 15.4 Å². The van der Waals surface area contributed by atoms with Crippen molar-refractivity contribution in [2.24, 2.45) is 0 Å². The summed E-state index contributed by atoms with van der Waals surface area (Å²) in [5.41, 5.74) is 0.561. The van der Waals surface area contributed by atoms with E-state index in [0.29, 0.717) is 23.4 Å². The molecule has 142 valence electrons. The molecule has 1 rings (SSSR count). The summed E-state index contributed by atoms with van der Waals surface area (Å²) in [6.45, 7) is 12.4. The molecule has 2 atom stereocenters. The number of carbonyl (C=O) groups excluding carboxylic acids is 1. The molecule has 25 heavy (non-hydrogen) atoms. The van der Waals surface area contributed by atoms with Crippen molar-refractivity contribution in [3.05, 3.63) is 29.8 Å². The molecule has 0 heterocycles. The van der Waals surface area contributed by atoms with E-state index in [1.54, 1.807) is 6.07 Å². The van der Waals surface area contributed by atoms with E-state index >= 15 is 0 Å². The first-order valence-corrected chi connectivity index (χ1v) is 9.29. The maximum atomic E-state index is 12.6. The number of hydrogen-bond donors (Lipinski definition) is 2. The molecule has 0 bridgehead atoms. The average molecular weight is 351 g/mol. The standard InChI is InChI=1S/C20H34N2O3/c1-7-19(21-14(3)4)24-13-17(23)16-11-9-10-12-18(16)25-20(8-2)22-15(5)6/h9-12,14-15,19-22H,7-8,13H2,1-6H3. The lowest BCUT2D eigenvalue weighted by molar-refractivity contribution is 0.0229. The summed E-state index contributed by atoms with van der Waals surface area (Å²) in [5.74, 6) is 0.528. The third-order valence-electron chi connectivity index (χ3n) is 3.65. The van der Waals surface area contributed by atoms with Crippen LogP contribution >= 0.6 is 0 Å². The van der Waals surface area contributed by atoms with E-state index in [1.165, 1.54) is 0 Å². The minimum atomic E-state index is -0.124. The third kappa shape index (κ3) is 7.99. The first-order chi connectivity index (χ1) is 11.9. The molecule has 0 radical (unpaired) electrons. The van der Waals surface area contributed by atoms with Gasteiger partial charge in [-0.05, 0) is 52.7 Å². The Balaban J connectivity index is 2.75. The number of rotatable bonds is 12. The van der Waals surface area contributed by atoms with Gasteiger partial charge in [0.2, 0.25) is 0 Å². The Morgan fingerprint density at radius 3 is 2.08 bits per heavy atom. The van der Waals surface area contributed by atoms with Gasteiger partial charge in [0.25, 0.3) is 0 Å². The van der Waals surface area contributed by atoms with Crippen molar-refractivity contribution >= 4 is 5.78 Å². The highest BCUT2D eigenvalue weighted by Crippen LogP contribution is 2.20. The molecule has 0 aromatic heterocycles. The van der Waals surface area contributed by atoms with E-state index < -0.39 is 0 Å². The molecule has 1 aromatic carbocycles. The predicted molar refractivity (Wildman–Crippen MR) is 102 cm³/mol. The zero-order valence-electron chi connectivity index (χ0n) is 16.5. The van der Waals surface area contributed by atoms with Gasteiger partial charge >= 0.3 is 0 Å². The van der Waals surface area contributed by atoms with E-state index in [4.69, 9.17) is 9.47 Å². The zero-order chi connectivity index (χ0) is 18.8. The van der Waals surface area contributed by atoms with Crippen LogP contribution in [0.1, 0.15) is 64.7 Å². The van der Waals surface area contributed by atoms with Crippen molar-refractivity contribution in [3.63, 3.8) is 0 Å². The molecule has 0 saturated carbocycles. The predicted octanol–water partition coefficient (Wildman–Crippen LogP) is 3.73. The van der Waals surface area contributed by atoms with E-state index in [0.717, 1.165) is 12.8 Å². The van der Waals surface area contributed by atoms with Gasteiger partial charge in [-0.1, -0.05) is 26.0 Å². The number of ether oxygens (including phenoxy) is 2. The topological polar surface area (TPSA) is 59.6 Å². The number of carbonyl (C=O) groups is 1. The lowest BCUT2D eigenvalue weighted by Crippen LogP contribution is -2.39. The summed E-state index contributed by atoms with van der Waals surface area (Å²) in [4.78, 5) is 12.6. The van der Waals surface area contributed by atoms with Crippen LogP contribution < -0.4 is 15.4 Å². The second kappa shape index (κ2) is 11.2. The Hall–Kier alpha value is -1.43. The van der Waals surface area contributed by atoms with Gasteiger partial charge in [-0.15, -0.1) is 0 Å². The summed E-state index contributed by atoms with van der Waals surface area (Å²) in [6, 6.07) is 7.97. The number of benzene rings is 1. The summed E-state index contributed by atoms with van der Waals surface area (Å²) in [5, 5.41) is 6.65. The van der Waals surface area contributed by atoms with Crippen molar-refractivity contribution < 1.29 is 14.3 Å². The quantitative estimate of drug-likeness (QED) is 0.444. The Morgan fingerprint density at radius 1 is 0.960 bits per heavy atom. The molecule has 2 unspecified atom stereocenters. The largest absolute Gasteiger partial charge is 0.475 e. The molecular weight excluding hydrogens is 316 g/mol. The van der Waals surface area contributed by atoms with Crippen LogP contribution in [0.15, 0.2) is 24.3 Å². The summed E-state index contributed by atoms with van der Waals surface area (Å²) >= 11 is 0. The minimum Gasteiger partial charge on any atom is -0.475 e. The summed E-state index contributed by atoms with van der Waals surface area (Å²) in [6.07, 6.45) is 1.37. The van der Waals surface area contributed by atoms with Gasteiger partial charge < -0.3 is 9.47 Å². The SMILES string of the molecule is CCC(NC(C)C)OCC(=O)c1ccccc1OC(CC)NC(C)C. The average Bonchev–Trinajstić information content (AvgIpc) is 2.57. The van der Waals surface area contributed by atoms with Crippen LogP contribution in [-0.2, 0) is 4.74 Å². The maximum Gasteiger partial charge on any atom is 0.192 e. The van der Waals surface area contributed by atoms with Crippen LogP contribution in [0, 0.1) is 0 Å². The highest BCUT2D eigenvalue weighted by atomic mass is 16.5. The van der Waals surface area contributed by atoms with Crippen molar-refractivity contribution in [1.29, 1.82) is 0 Å².